The van der Waals surface area contributed by atoms with Crippen molar-refractivity contribution in [1.82, 2.24) is 4.98 Å². The third kappa shape index (κ3) is 4.14. The van der Waals surface area contributed by atoms with Crippen LogP contribution in [0.2, 0.25) is 0 Å². The Hall–Kier alpha value is -2.79. The Morgan fingerprint density at radius 1 is 1.12 bits per heavy atom. The second-order valence-electron chi connectivity index (χ2n) is 9.97. The van der Waals surface area contributed by atoms with E-state index in [9.17, 15) is 9.90 Å². The second kappa shape index (κ2) is 8.28. The summed E-state index contributed by atoms with van der Waals surface area (Å²) in [5.41, 5.74) is 4.01. The molecule has 0 saturated heterocycles. The largest absolute Gasteiger partial charge is 0.490 e. The van der Waals surface area contributed by atoms with Crippen LogP contribution < -0.4 is 10.1 Å². The molecule has 5 rings (SSSR count). The van der Waals surface area contributed by atoms with Gasteiger partial charge in [0.1, 0.15) is 5.75 Å². The smallest absolute Gasteiger partial charge is 0.230 e. The summed E-state index contributed by atoms with van der Waals surface area (Å²) in [6.45, 7) is 4.11. The van der Waals surface area contributed by atoms with Crippen LogP contribution in [0, 0.1) is 12.3 Å². The van der Waals surface area contributed by atoms with Crippen molar-refractivity contribution in [3.05, 3.63) is 59.8 Å². The first-order valence-electron chi connectivity index (χ1n) is 11.7. The highest BCUT2D eigenvalue weighted by Gasteiger charge is 2.37. The molecule has 3 aromatic rings. The van der Waals surface area contributed by atoms with Crippen LogP contribution in [-0.4, -0.2) is 28.2 Å². The molecule has 2 saturated carbocycles. The van der Waals surface area contributed by atoms with Crippen molar-refractivity contribution >= 4 is 22.5 Å². The number of aromatic amines is 1. The molecule has 5 heteroatoms. The summed E-state index contributed by atoms with van der Waals surface area (Å²) in [7, 11) is 0. The monoisotopic (exact) mass is 432 g/mol. The quantitative estimate of drug-likeness (QED) is 0.485. The second-order valence-corrected chi connectivity index (χ2v) is 9.97. The molecule has 0 atom stereocenters. The minimum Gasteiger partial charge on any atom is -0.490 e. The molecular formula is C27H32N2O3. The predicted octanol–water partition coefficient (Wildman–Crippen LogP) is 5.68. The number of fused-ring (bicyclic) bond motifs is 1. The van der Waals surface area contributed by atoms with Gasteiger partial charge >= 0.3 is 0 Å². The Morgan fingerprint density at radius 3 is 2.56 bits per heavy atom. The van der Waals surface area contributed by atoms with Gasteiger partial charge < -0.3 is 20.1 Å². The SMILES string of the molecule is Cc1ccc([C@H]2C[C@H](Oc3ccc4[nH]cc(NC(=O)[C@]5(C)CC[C@@H](O)CC5)c4c3)C2)cc1. The number of anilines is 1. The van der Waals surface area contributed by atoms with Gasteiger partial charge in [-0.25, -0.2) is 0 Å². The van der Waals surface area contributed by atoms with Gasteiger partial charge in [0.15, 0.2) is 0 Å². The standard InChI is InChI=1S/C27H32N2O3/c1-17-3-5-18(6-4-17)19-13-22(14-19)32-21-7-8-24-23(15-21)25(16-28-24)29-26(31)27(2)11-9-20(30)10-12-27/h3-8,15-16,19-20,22,28,30H,9-14H2,1-2H3,(H,29,31)/t19-,20-,22-,27-. The average Bonchev–Trinajstić information content (AvgIpc) is 3.15. The number of benzene rings is 2. The number of rotatable bonds is 5. The number of amides is 1. The third-order valence-electron chi connectivity index (χ3n) is 7.45. The molecule has 0 aliphatic heterocycles. The number of aliphatic hydroxyl groups excluding tert-OH is 1. The van der Waals surface area contributed by atoms with Crippen LogP contribution in [0.25, 0.3) is 10.9 Å². The van der Waals surface area contributed by atoms with E-state index < -0.39 is 5.41 Å². The molecule has 1 amide bonds. The Labute approximate surface area is 189 Å². The zero-order valence-electron chi connectivity index (χ0n) is 18.9. The van der Waals surface area contributed by atoms with Gasteiger partial charge in [-0.1, -0.05) is 36.8 Å². The molecule has 0 spiro atoms. The topological polar surface area (TPSA) is 74.3 Å². The summed E-state index contributed by atoms with van der Waals surface area (Å²) in [6, 6.07) is 14.8. The van der Waals surface area contributed by atoms with Gasteiger partial charge in [0.05, 0.1) is 17.9 Å². The summed E-state index contributed by atoms with van der Waals surface area (Å²) in [6.07, 6.45) is 6.64. The number of carbonyl (C=O) groups is 1. The van der Waals surface area contributed by atoms with Crippen molar-refractivity contribution in [3.8, 4) is 5.75 Å². The number of aliphatic hydroxyl groups is 1. The van der Waals surface area contributed by atoms with Crippen LogP contribution in [0.1, 0.15) is 62.5 Å². The lowest BCUT2D eigenvalue weighted by molar-refractivity contribution is -0.127. The maximum absolute atomic E-state index is 13.0. The lowest BCUT2D eigenvalue weighted by Crippen LogP contribution is -2.38. The van der Waals surface area contributed by atoms with E-state index in [1.54, 1.807) is 0 Å². The van der Waals surface area contributed by atoms with Crippen molar-refractivity contribution in [2.75, 3.05) is 5.32 Å². The summed E-state index contributed by atoms with van der Waals surface area (Å²) in [4.78, 5) is 16.3. The Bertz CT molecular complexity index is 1100. The van der Waals surface area contributed by atoms with Gasteiger partial charge in [0.25, 0.3) is 0 Å². The van der Waals surface area contributed by atoms with Crippen LogP contribution in [0.3, 0.4) is 0 Å². The molecular weight excluding hydrogens is 400 g/mol. The lowest BCUT2D eigenvalue weighted by atomic mass is 9.74. The van der Waals surface area contributed by atoms with Crippen LogP contribution in [0.15, 0.2) is 48.7 Å². The van der Waals surface area contributed by atoms with Crippen molar-refractivity contribution in [2.45, 2.75) is 70.5 Å². The maximum atomic E-state index is 13.0. The molecule has 0 radical (unpaired) electrons. The van der Waals surface area contributed by atoms with Gasteiger partial charge in [-0.3, -0.25) is 4.79 Å². The zero-order valence-corrected chi connectivity index (χ0v) is 18.9. The molecule has 2 fully saturated rings. The molecule has 2 aliphatic rings. The highest BCUT2D eigenvalue weighted by Crippen LogP contribution is 2.41. The number of hydrogen-bond acceptors (Lipinski definition) is 3. The normalized spacial score (nSPS) is 27.7. The first kappa shape index (κ1) is 21.1. The van der Waals surface area contributed by atoms with Gasteiger partial charge in [-0.05, 0) is 75.1 Å². The average molecular weight is 433 g/mol. The van der Waals surface area contributed by atoms with E-state index in [1.165, 1.54) is 11.1 Å². The van der Waals surface area contributed by atoms with Gasteiger partial charge in [-0.15, -0.1) is 0 Å². The molecule has 0 bridgehead atoms. The van der Waals surface area contributed by atoms with Crippen molar-refractivity contribution in [1.29, 1.82) is 0 Å². The molecule has 2 aromatic carbocycles. The summed E-state index contributed by atoms with van der Waals surface area (Å²) in [5, 5.41) is 13.9. The molecule has 0 unspecified atom stereocenters. The fourth-order valence-electron chi connectivity index (χ4n) is 4.98. The van der Waals surface area contributed by atoms with Crippen molar-refractivity contribution in [3.63, 3.8) is 0 Å². The number of aryl methyl sites for hydroxylation is 1. The summed E-state index contributed by atoms with van der Waals surface area (Å²) in [5.74, 6) is 1.43. The number of aromatic nitrogens is 1. The highest BCUT2D eigenvalue weighted by molar-refractivity contribution is 6.03. The van der Waals surface area contributed by atoms with Crippen molar-refractivity contribution < 1.29 is 14.6 Å². The van der Waals surface area contributed by atoms with Crippen LogP contribution >= 0.6 is 0 Å². The minimum atomic E-state index is -0.437. The molecule has 1 heterocycles. The van der Waals surface area contributed by atoms with E-state index in [2.05, 4.69) is 41.5 Å². The zero-order chi connectivity index (χ0) is 22.3. The number of carbonyl (C=O) groups excluding carboxylic acids is 1. The van der Waals surface area contributed by atoms with Crippen LogP contribution in [0.4, 0.5) is 5.69 Å². The predicted molar refractivity (Wildman–Crippen MR) is 127 cm³/mol. The lowest BCUT2D eigenvalue weighted by Gasteiger charge is -2.35. The van der Waals surface area contributed by atoms with Gasteiger partial charge in [0, 0.05) is 22.5 Å². The van der Waals surface area contributed by atoms with Crippen LogP contribution in [-0.2, 0) is 4.79 Å². The van der Waals surface area contributed by atoms with E-state index >= 15 is 0 Å². The number of ether oxygens (including phenoxy) is 1. The molecule has 1 aromatic heterocycles. The first-order valence-corrected chi connectivity index (χ1v) is 11.7. The van der Waals surface area contributed by atoms with E-state index in [-0.39, 0.29) is 18.1 Å². The third-order valence-corrected chi connectivity index (χ3v) is 7.45. The maximum Gasteiger partial charge on any atom is 0.230 e. The molecule has 168 valence electrons. The summed E-state index contributed by atoms with van der Waals surface area (Å²) < 4.78 is 6.26. The van der Waals surface area contributed by atoms with Gasteiger partial charge in [-0.2, -0.15) is 0 Å². The number of hydrogen-bond donors (Lipinski definition) is 3. The minimum absolute atomic E-state index is 0.0246. The first-order chi connectivity index (χ1) is 15.4. The highest BCUT2D eigenvalue weighted by atomic mass is 16.5. The Kier molecular flexibility index (Phi) is 5.46. The summed E-state index contributed by atoms with van der Waals surface area (Å²) >= 11 is 0. The van der Waals surface area contributed by atoms with E-state index in [1.807, 2.05) is 31.3 Å². The van der Waals surface area contributed by atoms with Crippen LogP contribution in [0.5, 0.6) is 5.75 Å². The van der Waals surface area contributed by atoms with E-state index in [0.717, 1.165) is 35.2 Å². The molecule has 3 N–H and O–H groups in total. The molecule has 2 aliphatic carbocycles. The fourth-order valence-corrected chi connectivity index (χ4v) is 4.98. The fraction of sp³-hybridized carbons (Fsp3) is 0.444. The molecule has 5 nitrogen and oxygen atoms in total. The van der Waals surface area contributed by atoms with E-state index in [0.29, 0.717) is 31.6 Å². The van der Waals surface area contributed by atoms with Gasteiger partial charge in [0.2, 0.25) is 5.91 Å². The Morgan fingerprint density at radius 2 is 1.84 bits per heavy atom. The number of H-pyrrole nitrogens is 1. The van der Waals surface area contributed by atoms with E-state index in [4.69, 9.17) is 4.74 Å². The number of nitrogens with one attached hydrogen (secondary N) is 2. The Balaban J connectivity index is 1.24. The molecule has 32 heavy (non-hydrogen) atoms. The van der Waals surface area contributed by atoms with Crippen molar-refractivity contribution in [2.24, 2.45) is 5.41 Å².